The van der Waals surface area contributed by atoms with Gasteiger partial charge in [-0.3, -0.25) is 4.79 Å². The fourth-order valence-corrected chi connectivity index (χ4v) is 3.39. The summed E-state index contributed by atoms with van der Waals surface area (Å²) in [4.78, 5) is 12.4. The van der Waals surface area contributed by atoms with Gasteiger partial charge in [-0.15, -0.1) is 10.2 Å². The molecule has 0 radical (unpaired) electrons. The summed E-state index contributed by atoms with van der Waals surface area (Å²) in [6, 6.07) is 16.1. The molecule has 0 aliphatic carbocycles. The van der Waals surface area contributed by atoms with E-state index in [1.165, 1.54) is 17.4 Å². The van der Waals surface area contributed by atoms with E-state index in [1.807, 2.05) is 30.3 Å². The number of nitrogen functional groups attached to an aromatic ring is 1. The quantitative estimate of drug-likeness (QED) is 0.669. The number of nitrogens with two attached hydrogens (primary N) is 1. The zero-order valence-corrected chi connectivity index (χ0v) is 14.9. The lowest BCUT2D eigenvalue weighted by Crippen LogP contribution is -2.27. The highest BCUT2D eigenvalue weighted by atomic mass is 32.1. The molecule has 0 bridgehead atoms. The molecule has 1 atom stereocenters. The molecule has 3 rings (SSSR count). The number of nitrogens with zero attached hydrogens (tertiary/aromatic N) is 2. The van der Waals surface area contributed by atoms with Gasteiger partial charge in [0.2, 0.25) is 11.0 Å². The second-order valence-electron chi connectivity index (χ2n) is 5.82. The molecule has 7 heteroatoms. The normalized spacial score (nSPS) is 11.9. The first kappa shape index (κ1) is 18.0. The molecule has 2 aromatic carbocycles. The van der Waals surface area contributed by atoms with Gasteiger partial charge in [-0.1, -0.05) is 59.9 Å². The summed E-state index contributed by atoms with van der Waals surface area (Å²) in [6.45, 7) is 0.437. The van der Waals surface area contributed by atoms with Crippen molar-refractivity contribution < 1.29 is 9.18 Å². The van der Waals surface area contributed by atoms with Gasteiger partial charge in [-0.2, -0.15) is 0 Å². The summed E-state index contributed by atoms with van der Waals surface area (Å²) in [7, 11) is 0. The largest absolute Gasteiger partial charge is 0.374 e. The van der Waals surface area contributed by atoms with Crippen LogP contribution in [0.25, 0.3) is 0 Å². The van der Waals surface area contributed by atoms with Gasteiger partial charge >= 0.3 is 0 Å². The second-order valence-corrected chi connectivity index (χ2v) is 6.92. The van der Waals surface area contributed by atoms with Crippen LogP contribution in [0.2, 0.25) is 0 Å². The molecule has 0 spiro atoms. The number of carbonyl (C=O) groups excluding carboxylic acids is 1. The number of carbonyl (C=O) groups is 1. The summed E-state index contributed by atoms with van der Waals surface area (Å²) < 4.78 is 14.3. The molecule has 1 heterocycles. The number of rotatable bonds is 7. The van der Waals surface area contributed by atoms with Crippen LogP contribution in [0, 0.1) is 5.82 Å². The molecular weight excluding hydrogens is 351 g/mol. The lowest BCUT2D eigenvalue weighted by atomic mass is 9.88. The Hall–Kier alpha value is -2.80. The van der Waals surface area contributed by atoms with E-state index in [0.717, 1.165) is 10.6 Å². The van der Waals surface area contributed by atoms with Crippen molar-refractivity contribution in [1.82, 2.24) is 15.5 Å². The van der Waals surface area contributed by atoms with Crippen LogP contribution in [-0.4, -0.2) is 22.6 Å². The van der Waals surface area contributed by atoms with Crippen LogP contribution < -0.4 is 11.1 Å². The van der Waals surface area contributed by atoms with Crippen molar-refractivity contribution >= 4 is 22.4 Å². The first-order valence-corrected chi connectivity index (χ1v) is 9.09. The van der Waals surface area contributed by atoms with E-state index in [0.29, 0.717) is 23.7 Å². The van der Waals surface area contributed by atoms with E-state index >= 15 is 0 Å². The Kier molecular flexibility index (Phi) is 5.91. The topological polar surface area (TPSA) is 80.9 Å². The zero-order chi connectivity index (χ0) is 18.4. The molecule has 0 unspecified atom stereocenters. The molecule has 0 saturated carbocycles. The third kappa shape index (κ3) is 4.64. The molecule has 0 fully saturated rings. The number of aromatic nitrogens is 2. The van der Waals surface area contributed by atoms with Crippen molar-refractivity contribution in [3.8, 4) is 0 Å². The molecule has 1 aromatic heterocycles. The predicted molar refractivity (Wildman–Crippen MR) is 100 cm³/mol. The van der Waals surface area contributed by atoms with Crippen LogP contribution in [0.15, 0.2) is 54.6 Å². The average Bonchev–Trinajstić information content (AvgIpc) is 3.06. The van der Waals surface area contributed by atoms with Crippen LogP contribution in [0.3, 0.4) is 0 Å². The molecule has 134 valence electrons. The minimum Gasteiger partial charge on any atom is -0.374 e. The first-order chi connectivity index (χ1) is 12.6. The lowest BCUT2D eigenvalue weighted by Gasteiger charge is -2.18. The van der Waals surface area contributed by atoms with Gasteiger partial charge in [0.15, 0.2) is 0 Å². The first-order valence-electron chi connectivity index (χ1n) is 8.27. The van der Waals surface area contributed by atoms with Crippen LogP contribution in [0.5, 0.6) is 0 Å². The van der Waals surface area contributed by atoms with E-state index in [4.69, 9.17) is 5.73 Å². The van der Waals surface area contributed by atoms with E-state index in [9.17, 15) is 9.18 Å². The van der Waals surface area contributed by atoms with Gasteiger partial charge < -0.3 is 11.1 Å². The number of hydrogen-bond donors (Lipinski definition) is 2. The summed E-state index contributed by atoms with van der Waals surface area (Å²) >= 11 is 1.30. The molecule has 3 aromatic rings. The average molecular weight is 370 g/mol. The van der Waals surface area contributed by atoms with Crippen molar-refractivity contribution in [2.75, 3.05) is 12.3 Å². The minimum atomic E-state index is -0.338. The van der Waals surface area contributed by atoms with Crippen molar-refractivity contribution in [2.45, 2.75) is 18.8 Å². The maximum atomic E-state index is 14.3. The number of halogens is 1. The van der Waals surface area contributed by atoms with Crippen molar-refractivity contribution in [2.24, 2.45) is 0 Å². The van der Waals surface area contributed by atoms with Crippen LogP contribution in [0.1, 0.15) is 28.5 Å². The maximum Gasteiger partial charge on any atom is 0.220 e. The van der Waals surface area contributed by atoms with Crippen LogP contribution in [-0.2, 0) is 11.2 Å². The number of amides is 1. The molecule has 1 amide bonds. The monoisotopic (exact) mass is 370 g/mol. The Bertz CT molecular complexity index is 869. The predicted octanol–water partition coefficient (Wildman–Crippen LogP) is 3.14. The highest BCUT2D eigenvalue weighted by molar-refractivity contribution is 7.15. The van der Waals surface area contributed by atoms with Gasteiger partial charge in [-0.05, 0) is 17.2 Å². The van der Waals surface area contributed by atoms with Crippen LogP contribution >= 0.6 is 11.3 Å². The van der Waals surface area contributed by atoms with E-state index in [2.05, 4.69) is 15.5 Å². The Balaban J connectivity index is 1.67. The molecule has 5 nitrogen and oxygen atoms in total. The summed E-state index contributed by atoms with van der Waals surface area (Å²) in [5.41, 5.74) is 6.97. The second kappa shape index (κ2) is 8.53. The molecule has 0 aliphatic heterocycles. The standard InChI is InChI=1S/C19H19FN4OS/c20-16-9-5-4-8-14(16)15(13-6-2-1-3-7-13)12-17(25)22-11-10-18-23-24-19(21)26-18/h1-9,15H,10-12H2,(H2,21,24)(H,22,25)/t15-/m1/s1. The lowest BCUT2D eigenvalue weighted by molar-refractivity contribution is -0.121. The number of anilines is 1. The Morgan fingerprint density at radius 3 is 2.54 bits per heavy atom. The van der Waals surface area contributed by atoms with Gasteiger partial charge in [0.25, 0.3) is 0 Å². The van der Waals surface area contributed by atoms with Crippen molar-refractivity contribution in [3.05, 3.63) is 76.5 Å². The number of nitrogens with one attached hydrogen (secondary N) is 1. The van der Waals surface area contributed by atoms with E-state index in [-0.39, 0.29) is 24.1 Å². The summed E-state index contributed by atoms with van der Waals surface area (Å²) in [5, 5.41) is 11.7. The number of hydrogen-bond acceptors (Lipinski definition) is 5. The third-order valence-corrected chi connectivity index (χ3v) is 4.83. The fraction of sp³-hybridized carbons (Fsp3) is 0.211. The smallest absolute Gasteiger partial charge is 0.220 e. The van der Waals surface area contributed by atoms with Gasteiger partial charge in [-0.25, -0.2) is 4.39 Å². The maximum absolute atomic E-state index is 14.3. The highest BCUT2D eigenvalue weighted by Gasteiger charge is 2.21. The minimum absolute atomic E-state index is 0.139. The van der Waals surface area contributed by atoms with Gasteiger partial charge in [0.05, 0.1) is 0 Å². The van der Waals surface area contributed by atoms with E-state index < -0.39 is 0 Å². The Morgan fingerprint density at radius 1 is 1.12 bits per heavy atom. The molecular formula is C19H19FN4OS. The third-order valence-electron chi connectivity index (χ3n) is 4.02. The van der Waals surface area contributed by atoms with Crippen molar-refractivity contribution in [3.63, 3.8) is 0 Å². The molecule has 26 heavy (non-hydrogen) atoms. The van der Waals surface area contributed by atoms with Gasteiger partial charge in [0, 0.05) is 25.3 Å². The highest BCUT2D eigenvalue weighted by Crippen LogP contribution is 2.29. The summed E-state index contributed by atoms with van der Waals surface area (Å²) in [6.07, 6.45) is 0.736. The van der Waals surface area contributed by atoms with Crippen LogP contribution in [0.4, 0.5) is 9.52 Å². The zero-order valence-electron chi connectivity index (χ0n) is 14.1. The molecule has 0 saturated heterocycles. The number of benzene rings is 2. The van der Waals surface area contributed by atoms with E-state index in [1.54, 1.807) is 18.2 Å². The SMILES string of the molecule is Nc1nnc(CCNC(=O)C[C@H](c2ccccc2)c2ccccc2F)s1. The Morgan fingerprint density at radius 2 is 1.85 bits per heavy atom. The Labute approximate surface area is 155 Å². The summed E-state index contributed by atoms with van der Waals surface area (Å²) in [5.74, 6) is -0.785. The molecule has 3 N–H and O–H groups in total. The molecule has 0 aliphatic rings. The fourth-order valence-electron chi connectivity index (χ4n) is 2.78. The van der Waals surface area contributed by atoms with Gasteiger partial charge in [0.1, 0.15) is 10.8 Å². The van der Waals surface area contributed by atoms with Crippen molar-refractivity contribution in [1.29, 1.82) is 0 Å².